The zero-order chi connectivity index (χ0) is 21.1. The molecule has 7 nitrogen and oxygen atoms in total. The van der Waals surface area contributed by atoms with Crippen molar-refractivity contribution in [3.63, 3.8) is 0 Å². The molecule has 1 fully saturated rings. The number of fused-ring (bicyclic) bond motifs is 1. The number of rotatable bonds is 5. The van der Waals surface area contributed by atoms with E-state index in [1.165, 1.54) is 16.4 Å². The number of aromatic nitrogens is 1. The number of sulfonamides is 1. The van der Waals surface area contributed by atoms with Gasteiger partial charge >= 0.3 is 0 Å². The van der Waals surface area contributed by atoms with Gasteiger partial charge < -0.3 is 4.98 Å². The number of H-pyrrole nitrogens is 1. The highest BCUT2D eigenvalue weighted by Gasteiger charge is 2.26. The highest BCUT2D eigenvalue weighted by molar-refractivity contribution is 7.89. The molecule has 0 unspecified atom stereocenters. The number of aryl methyl sites for hydroxylation is 1. The SMILES string of the molecule is Cc1[nH]c2ccccc2c1/C=N/NC(=O)c1cccc(S(=O)(=O)N2CCCCC2)c1. The summed E-state index contributed by atoms with van der Waals surface area (Å²) in [5.74, 6) is -0.459. The summed E-state index contributed by atoms with van der Waals surface area (Å²) in [6.45, 7) is 2.98. The number of hydrazone groups is 1. The minimum atomic E-state index is -3.59. The Kier molecular flexibility index (Phi) is 5.69. The van der Waals surface area contributed by atoms with Gasteiger partial charge in [0.2, 0.25) is 10.0 Å². The highest BCUT2D eigenvalue weighted by atomic mass is 32.2. The van der Waals surface area contributed by atoms with E-state index in [2.05, 4.69) is 15.5 Å². The first-order chi connectivity index (χ1) is 14.5. The molecule has 2 N–H and O–H groups in total. The molecule has 0 atom stereocenters. The molecule has 1 saturated heterocycles. The number of para-hydroxylation sites is 1. The molecule has 1 aliphatic rings. The number of piperidine rings is 1. The zero-order valence-corrected chi connectivity index (χ0v) is 17.6. The third-order valence-corrected chi connectivity index (χ3v) is 7.25. The lowest BCUT2D eigenvalue weighted by atomic mass is 10.1. The molecule has 0 bridgehead atoms. The minimum Gasteiger partial charge on any atom is -0.358 e. The lowest BCUT2D eigenvalue weighted by molar-refractivity contribution is 0.0955. The summed E-state index contributed by atoms with van der Waals surface area (Å²) in [6.07, 6.45) is 4.37. The fraction of sp³-hybridized carbons (Fsp3) is 0.273. The lowest BCUT2D eigenvalue weighted by Gasteiger charge is -2.25. The molecule has 2 aromatic carbocycles. The van der Waals surface area contributed by atoms with Crippen molar-refractivity contribution in [3.8, 4) is 0 Å². The Hall–Kier alpha value is -2.97. The molecule has 0 spiro atoms. The molecule has 2 heterocycles. The Bertz CT molecular complexity index is 1210. The van der Waals surface area contributed by atoms with Crippen LogP contribution in [-0.4, -0.2) is 42.9 Å². The van der Waals surface area contributed by atoms with Gasteiger partial charge in [-0.2, -0.15) is 9.41 Å². The van der Waals surface area contributed by atoms with Crippen molar-refractivity contribution in [1.29, 1.82) is 0 Å². The molecule has 8 heteroatoms. The Morgan fingerprint density at radius 1 is 1.10 bits per heavy atom. The van der Waals surface area contributed by atoms with Crippen LogP contribution in [0.25, 0.3) is 10.9 Å². The van der Waals surface area contributed by atoms with Gasteiger partial charge in [0, 0.05) is 40.8 Å². The highest BCUT2D eigenvalue weighted by Crippen LogP contribution is 2.22. The van der Waals surface area contributed by atoms with Crippen molar-refractivity contribution < 1.29 is 13.2 Å². The average molecular weight is 425 g/mol. The van der Waals surface area contributed by atoms with Crippen LogP contribution in [0.5, 0.6) is 0 Å². The second kappa shape index (κ2) is 8.41. The van der Waals surface area contributed by atoms with E-state index in [1.807, 2.05) is 31.2 Å². The summed E-state index contributed by atoms with van der Waals surface area (Å²) < 4.78 is 27.2. The van der Waals surface area contributed by atoms with E-state index in [-0.39, 0.29) is 10.5 Å². The van der Waals surface area contributed by atoms with Crippen LogP contribution in [0, 0.1) is 6.92 Å². The zero-order valence-electron chi connectivity index (χ0n) is 16.8. The third-order valence-electron chi connectivity index (χ3n) is 5.35. The number of aromatic amines is 1. The van der Waals surface area contributed by atoms with Crippen molar-refractivity contribution in [1.82, 2.24) is 14.7 Å². The fourth-order valence-electron chi connectivity index (χ4n) is 3.74. The number of hydrogen-bond acceptors (Lipinski definition) is 4. The van der Waals surface area contributed by atoms with Crippen LogP contribution in [0.1, 0.15) is 40.9 Å². The predicted octanol–water partition coefficient (Wildman–Crippen LogP) is 3.41. The van der Waals surface area contributed by atoms with Crippen LogP contribution in [0.4, 0.5) is 0 Å². The largest absolute Gasteiger partial charge is 0.358 e. The third kappa shape index (κ3) is 4.01. The van der Waals surface area contributed by atoms with Crippen LogP contribution >= 0.6 is 0 Å². The van der Waals surface area contributed by atoms with E-state index in [0.717, 1.165) is 41.4 Å². The number of benzene rings is 2. The van der Waals surface area contributed by atoms with Crippen LogP contribution < -0.4 is 5.43 Å². The Labute approximate surface area is 175 Å². The average Bonchev–Trinajstić information content (AvgIpc) is 3.09. The summed E-state index contributed by atoms with van der Waals surface area (Å²) in [4.78, 5) is 15.9. The number of amides is 1. The number of hydrogen-bond donors (Lipinski definition) is 2. The van der Waals surface area contributed by atoms with Gasteiger partial charge in [0.05, 0.1) is 11.1 Å². The van der Waals surface area contributed by atoms with E-state index in [1.54, 1.807) is 18.3 Å². The predicted molar refractivity (Wildman–Crippen MR) is 117 cm³/mol. The fourth-order valence-corrected chi connectivity index (χ4v) is 5.30. The van der Waals surface area contributed by atoms with Crippen LogP contribution in [0.15, 0.2) is 58.5 Å². The van der Waals surface area contributed by atoms with Crippen molar-refractivity contribution in [2.75, 3.05) is 13.1 Å². The number of carbonyl (C=O) groups excluding carboxylic acids is 1. The quantitative estimate of drug-likeness (QED) is 0.485. The van der Waals surface area contributed by atoms with E-state index in [9.17, 15) is 13.2 Å². The monoisotopic (exact) mass is 424 g/mol. The molecule has 0 radical (unpaired) electrons. The molecule has 4 rings (SSSR count). The number of nitrogens with one attached hydrogen (secondary N) is 2. The summed E-state index contributed by atoms with van der Waals surface area (Å²) in [7, 11) is -3.59. The molecule has 1 aromatic heterocycles. The van der Waals surface area contributed by atoms with Crippen LogP contribution in [-0.2, 0) is 10.0 Å². The molecular formula is C22H24N4O3S. The van der Waals surface area contributed by atoms with Gasteiger partial charge in [-0.1, -0.05) is 30.7 Å². The number of carbonyl (C=O) groups is 1. The second-order valence-electron chi connectivity index (χ2n) is 7.40. The Balaban J connectivity index is 1.51. The molecule has 156 valence electrons. The molecule has 30 heavy (non-hydrogen) atoms. The minimum absolute atomic E-state index is 0.133. The second-order valence-corrected chi connectivity index (χ2v) is 9.34. The lowest BCUT2D eigenvalue weighted by Crippen LogP contribution is -2.35. The maximum Gasteiger partial charge on any atom is 0.271 e. The van der Waals surface area contributed by atoms with Crippen molar-refractivity contribution >= 4 is 33.0 Å². The maximum absolute atomic E-state index is 12.9. The normalized spacial score (nSPS) is 15.6. The van der Waals surface area contributed by atoms with Gasteiger partial charge in [0.15, 0.2) is 0 Å². The molecule has 0 aliphatic carbocycles. The van der Waals surface area contributed by atoms with E-state index < -0.39 is 15.9 Å². The van der Waals surface area contributed by atoms with E-state index >= 15 is 0 Å². The first kappa shape index (κ1) is 20.3. The summed E-state index contributed by atoms with van der Waals surface area (Å²) >= 11 is 0. The van der Waals surface area contributed by atoms with Crippen molar-refractivity contribution in [3.05, 3.63) is 65.4 Å². The molecule has 1 amide bonds. The summed E-state index contributed by atoms with van der Waals surface area (Å²) in [5, 5.41) is 5.09. The Morgan fingerprint density at radius 3 is 2.67 bits per heavy atom. The topological polar surface area (TPSA) is 94.6 Å². The van der Waals surface area contributed by atoms with Gasteiger partial charge in [-0.15, -0.1) is 0 Å². The van der Waals surface area contributed by atoms with Crippen molar-refractivity contribution in [2.45, 2.75) is 31.1 Å². The first-order valence-corrected chi connectivity index (χ1v) is 11.4. The van der Waals surface area contributed by atoms with E-state index in [0.29, 0.717) is 13.1 Å². The molecular weight excluding hydrogens is 400 g/mol. The molecule has 0 saturated carbocycles. The van der Waals surface area contributed by atoms with Gasteiger partial charge in [0.1, 0.15) is 0 Å². The Morgan fingerprint density at radius 2 is 1.87 bits per heavy atom. The van der Waals surface area contributed by atoms with E-state index in [4.69, 9.17) is 0 Å². The van der Waals surface area contributed by atoms with Gasteiger partial charge in [0.25, 0.3) is 5.91 Å². The van der Waals surface area contributed by atoms with Crippen LogP contribution in [0.2, 0.25) is 0 Å². The van der Waals surface area contributed by atoms with Crippen LogP contribution in [0.3, 0.4) is 0 Å². The smallest absolute Gasteiger partial charge is 0.271 e. The number of nitrogens with zero attached hydrogens (tertiary/aromatic N) is 2. The summed E-state index contributed by atoms with van der Waals surface area (Å²) in [6, 6.07) is 14.0. The van der Waals surface area contributed by atoms with Gasteiger partial charge in [-0.05, 0) is 44.0 Å². The van der Waals surface area contributed by atoms with Gasteiger partial charge in [-0.3, -0.25) is 4.79 Å². The molecule has 3 aromatic rings. The molecule has 1 aliphatic heterocycles. The van der Waals surface area contributed by atoms with Crippen molar-refractivity contribution in [2.24, 2.45) is 5.10 Å². The van der Waals surface area contributed by atoms with Gasteiger partial charge in [-0.25, -0.2) is 13.8 Å². The maximum atomic E-state index is 12.9. The standard InChI is InChI=1S/C22H24N4O3S/c1-16-20(19-10-3-4-11-21(19)24-16)15-23-25-22(27)17-8-7-9-18(14-17)30(28,29)26-12-5-2-6-13-26/h3-4,7-11,14-15,24H,2,5-6,12-13H2,1H3,(H,25,27)/b23-15+. The summed E-state index contributed by atoms with van der Waals surface area (Å²) in [5.41, 5.74) is 5.59. The first-order valence-electron chi connectivity index (χ1n) is 9.98.